The topological polar surface area (TPSA) is 17.1 Å². The van der Waals surface area contributed by atoms with E-state index in [4.69, 9.17) is 0 Å². The fourth-order valence-corrected chi connectivity index (χ4v) is 1.35. The number of ketones is 1. The quantitative estimate of drug-likeness (QED) is 0.609. The number of benzene rings is 2. The predicted octanol–water partition coefficient (Wildman–Crippen LogP) is 6.14. The van der Waals surface area contributed by atoms with Crippen molar-refractivity contribution in [1.82, 2.24) is 0 Å². The summed E-state index contributed by atoms with van der Waals surface area (Å²) in [5.41, 5.74) is 1.47. The lowest BCUT2D eigenvalue weighted by Gasteiger charge is -1.99. The summed E-state index contributed by atoms with van der Waals surface area (Å²) in [4.78, 5) is 11.8. The average Bonchev–Trinajstić information content (AvgIpc) is 2.69. The first-order valence-electron chi connectivity index (χ1n) is 7.28. The van der Waals surface area contributed by atoms with Crippen molar-refractivity contribution in [2.75, 3.05) is 14.4 Å². The van der Waals surface area contributed by atoms with Crippen LogP contribution < -0.4 is 0 Å². The van der Waals surface area contributed by atoms with Gasteiger partial charge in [-0.05, 0) is 0 Å². The maximum absolute atomic E-state index is 11.8. The summed E-state index contributed by atoms with van der Waals surface area (Å²) in [6, 6.07) is 18.6. The van der Waals surface area contributed by atoms with E-state index in [1.54, 1.807) is 0 Å². The smallest absolute Gasteiger partial charge is 0.193 e. The van der Waals surface area contributed by atoms with E-state index in [2.05, 4.69) is 0 Å². The second kappa shape index (κ2) is 21.3. The minimum Gasteiger partial charge on any atom is -0.289 e. The van der Waals surface area contributed by atoms with Crippen LogP contribution in [0.15, 0.2) is 60.7 Å². The molecule has 0 saturated carbocycles. The highest BCUT2D eigenvalue weighted by molar-refractivity contribution is 6.08. The zero-order chi connectivity index (χ0) is 17.8. The van der Waals surface area contributed by atoms with Crippen molar-refractivity contribution in [3.8, 4) is 0 Å². The molecule has 124 valence electrons. The van der Waals surface area contributed by atoms with Crippen LogP contribution in [0.1, 0.15) is 43.6 Å². The highest BCUT2D eigenvalue weighted by Gasteiger charge is 2.06. The molecule has 0 radical (unpaired) electrons. The van der Waals surface area contributed by atoms with E-state index >= 15 is 0 Å². The SMILES string of the molecule is CC.CC.CF.CF.O=C(c1ccccc1)c1ccccc1. The van der Waals surface area contributed by atoms with Gasteiger partial charge in [0.2, 0.25) is 0 Å². The Hall–Kier alpha value is -2.03. The summed E-state index contributed by atoms with van der Waals surface area (Å²) in [5.74, 6) is 0.0752. The molecular formula is C19H28F2O. The highest BCUT2D eigenvalue weighted by atomic mass is 19.1. The van der Waals surface area contributed by atoms with E-state index in [-0.39, 0.29) is 5.78 Å². The molecule has 0 amide bonds. The van der Waals surface area contributed by atoms with Crippen molar-refractivity contribution in [2.45, 2.75) is 27.7 Å². The summed E-state index contributed by atoms with van der Waals surface area (Å²) in [6.45, 7) is 8.00. The van der Waals surface area contributed by atoms with Crippen LogP contribution in [-0.4, -0.2) is 20.1 Å². The summed E-state index contributed by atoms with van der Waals surface area (Å²) in [6.07, 6.45) is 0. The van der Waals surface area contributed by atoms with Crippen molar-refractivity contribution in [2.24, 2.45) is 0 Å². The first-order chi connectivity index (χ1) is 10.9. The van der Waals surface area contributed by atoms with E-state index in [0.29, 0.717) is 14.4 Å². The van der Waals surface area contributed by atoms with E-state index in [1.165, 1.54) is 0 Å². The van der Waals surface area contributed by atoms with Crippen LogP contribution in [0.25, 0.3) is 0 Å². The lowest BCUT2D eigenvalue weighted by Crippen LogP contribution is -1.99. The molecule has 0 unspecified atom stereocenters. The molecule has 0 bridgehead atoms. The number of rotatable bonds is 2. The van der Waals surface area contributed by atoms with Crippen LogP contribution in [0.4, 0.5) is 8.78 Å². The Morgan fingerprint density at radius 2 is 0.818 bits per heavy atom. The van der Waals surface area contributed by atoms with Gasteiger partial charge in [0.1, 0.15) is 0 Å². The molecule has 2 aromatic rings. The number of carbonyl (C=O) groups excluding carboxylic acids is 1. The second-order valence-corrected chi connectivity index (χ2v) is 3.06. The van der Waals surface area contributed by atoms with E-state index in [9.17, 15) is 13.6 Å². The number of hydrogen-bond donors (Lipinski definition) is 0. The van der Waals surface area contributed by atoms with Gasteiger partial charge in [-0.2, -0.15) is 0 Å². The van der Waals surface area contributed by atoms with Crippen molar-refractivity contribution < 1.29 is 13.6 Å². The van der Waals surface area contributed by atoms with Gasteiger partial charge in [-0.3, -0.25) is 13.6 Å². The molecule has 0 fully saturated rings. The molecule has 22 heavy (non-hydrogen) atoms. The van der Waals surface area contributed by atoms with Crippen LogP contribution in [0.2, 0.25) is 0 Å². The number of alkyl halides is 2. The maximum Gasteiger partial charge on any atom is 0.193 e. The van der Waals surface area contributed by atoms with Crippen LogP contribution in [0.5, 0.6) is 0 Å². The van der Waals surface area contributed by atoms with E-state index in [0.717, 1.165) is 11.1 Å². The Morgan fingerprint density at radius 1 is 0.591 bits per heavy atom. The minimum atomic E-state index is 0.0752. The molecule has 2 aromatic carbocycles. The molecule has 0 N–H and O–H groups in total. The summed E-state index contributed by atoms with van der Waals surface area (Å²) in [5, 5.41) is 0. The first kappa shape index (κ1) is 25.0. The standard InChI is InChI=1S/C13H10O.2C2H6.2CH3F/c14-13(11-7-3-1-4-8-11)12-9-5-2-6-10-12;4*1-2/h1-10H;2*1-2H3;2*1H3. The zero-order valence-electron chi connectivity index (χ0n) is 14.4. The largest absolute Gasteiger partial charge is 0.289 e. The zero-order valence-corrected chi connectivity index (χ0v) is 14.4. The molecule has 0 aromatic heterocycles. The van der Waals surface area contributed by atoms with Gasteiger partial charge < -0.3 is 0 Å². The summed E-state index contributed by atoms with van der Waals surface area (Å²) >= 11 is 0. The molecule has 0 atom stereocenters. The van der Waals surface area contributed by atoms with Gasteiger partial charge in [0.05, 0.1) is 14.4 Å². The maximum atomic E-state index is 11.8. The van der Waals surface area contributed by atoms with Crippen molar-refractivity contribution in [3.05, 3.63) is 71.8 Å². The number of halogens is 2. The summed E-state index contributed by atoms with van der Waals surface area (Å²) in [7, 11) is 1.00. The number of carbonyl (C=O) groups is 1. The Balaban J connectivity index is -0.000000394. The second-order valence-electron chi connectivity index (χ2n) is 3.06. The van der Waals surface area contributed by atoms with Gasteiger partial charge >= 0.3 is 0 Å². The first-order valence-corrected chi connectivity index (χ1v) is 7.28. The molecule has 0 aliphatic heterocycles. The lowest BCUT2D eigenvalue weighted by molar-refractivity contribution is 0.103. The molecule has 2 rings (SSSR count). The van der Waals surface area contributed by atoms with E-state index in [1.807, 2.05) is 88.4 Å². The van der Waals surface area contributed by atoms with Crippen LogP contribution in [-0.2, 0) is 0 Å². The molecular weight excluding hydrogens is 282 g/mol. The van der Waals surface area contributed by atoms with Gasteiger partial charge in [-0.15, -0.1) is 0 Å². The van der Waals surface area contributed by atoms with Gasteiger partial charge in [-0.25, -0.2) is 0 Å². The Kier molecular flexibility index (Phi) is 24.1. The third-order valence-electron chi connectivity index (χ3n) is 2.07. The molecule has 0 heterocycles. The minimum absolute atomic E-state index is 0.0752. The van der Waals surface area contributed by atoms with Crippen molar-refractivity contribution in [3.63, 3.8) is 0 Å². The normalized spacial score (nSPS) is 7.27. The molecule has 0 spiro atoms. The predicted molar refractivity (Wildman–Crippen MR) is 93.1 cm³/mol. The molecule has 0 saturated heterocycles. The van der Waals surface area contributed by atoms with E-state index < -0.39 is 0 Å². The average molecular weight is 310 g/mol. The van der Waals surface area contributed by atoms with Crippen LogP contribution in [0, 0.1) is 0 Å². The Bertz CT molecular complexity index is 386. The van der Waals surface area contributed by atoms with Gasteiger partial charge in [0.15, 0.2) is 5.78 Å². The third-order valence-corrected chi connectivity index (χ3v) is 2.07. The fraction of sp³-hybridized carbons (Fsp3) is 0.316. The van der Waals surface area contributed by atoms with Gasteiger partial charge in [0.25, 0.3) is 0 Å². The lowest BCUT2D eigenvalue weighted by atomic mass is 10.0. The van der Waals surface area contributed by atoms with Crippen molar-refractivity contribution in [1.29, 1.82) is 0 Å². The monoisotopic (exact) mass is 310 g/mol. The molecule has 0 aliphatic carbocycles. The molecule has 1 nitrogen and oxygen atoms in total. The molecule has 3 heteroatoms. The van der Waals surface area contributed by atoms with Gasteiger partial charge in [0, 0.05) is 11.1 Å². The third kappa shape index (κ3) is 10.7. The molecule has 0 aliphatic rings. The van der Waals surface area contributed by atoms with Crippen LogP contribution in [0.3, 0.4) is 0 Å². The summed E-state index contributed by atoms with van der Waals surface area (Å²) < 4.78 is 19.0. The van der Waals surface area contributed by atoms with Crippen molar-refractivity contribution >= 4 is 5.78 Å². The Morgan fingerprint density at radius 3 is 1.05 bits per heavy atom. The van der Waals surface area contributed by atoms with Crippen LogP contribution >= 0.6 is 0 Å². The fourth-order valence-electron chi connectivity index (χ4n) is 1.35. The highest BCUT2D eigenvalue weighted by Crippen LogP contribution is 2.08. The Labute approximate surface area is 134 Å². The van der Waals surface area contributed by atoms with Gasteiger partial charge in [-0.1, -0.05) is 88.4 Å². The number of hydrogen-bond acceptors (Lipinski definition) is 1.